The SMILES string of the molecule is CCOc1ccc([C@@H]2N[C@H](C(=O)O)Cc3c2[nH]c2ccccc32)cc1OCC. The number of fused-ring (bicyclic) bond motifs is 3. The van der Waals surface area contributed by atoms with E-state index in [1.807, 2.05) is 56.3 Å². The van der Waals surface area contributed by atoms with Crippen molar-refractivity contribution in [1.29, 1.82) is 0 Å². The van der Waals surface area contributed by atoms with E-state index in [-0.39, 0.29) is 6.04 Å². The van der Waals surface area contributed by atoms with E-state index >= 15 is 0 Å². The van der Waals surface area contributed by atoms with Gasteiger partial charge in [-0.15, -0.1) is 0 Å². The molecule has 1 aromatic heterocycles. The number of hydrogen-bond donors (Lipinski definition) is 3. The summed E-state index contributed by atoms with van der Waals surface area (Å²) in [7, 11) is 0. The first kappa shape index (κ1) is 18.4. The number of carboxylic acids is 1. The fourth-order valence-electron chi connectivity index (χ4n) is 3.90. The Morgan fingerprint density at radius 1 is 1.11 bits per heavy atom. The second-order valence-electron chi connectivity index (χ2n) is 6.83. The molecule has 0 bridgehead atoms. The van der Waals surface area contributed by atoms with E-state index in [1.54, 1.807) is 0 Å². The molecular formula is C22H24N2O4. The number of hydrogen-bond acceptors (Lipinski definition) is 4. The van der Waals surface area contributed by atoms with Crippen molar-refractivity contribution in [2.24, 2.45) is 0 Å². The summed E-state index contributed by atoms with van der Waals surface area (Å²) in [5.41, 5.74) is 4.01. The molecule has 0 fully saturated rings. The van der Waals surface area contributed by atoms with Crippen molar-refractivity contribution in [3.63, 3.8) is 0 Å². The molecule has 28 heavy (non-hydrogen) atoms. The third kappa shape index (κ3) is 3.20. The number of aromatic nitrogens is 1. The Labute approximate surface area is 163 Å². The summed E-state index contributed by atoms with van der Waals surface area (Å²) in [5, 5.41) is 14.0. The maximum Gasteiger partial charge on any atom is 0.321 e. The second-order valence-corrected chi connectivity index (χ2v) is 6.83. The lowest BCUT2D eigenvalue weighted by Crippen LogP contribution is -2.44. The van der Waals surface area contributed by atoms with Crippen LogP contribution in [-0.4, -0.2) is 35.3 Å². The number of H-pyrrole nitrogens is 1. The van der Waals surface area contributed by atoms with Gasteiger partial charge in [-0.2, -0.15) is 0 Å². The molecule has 0 amide bonds. The summed E-state index contributed by atoms with van der Waals surface area (Å²) in [4.78, 5) is 15.3. The summed E-state index contributed by atoms with van der Waals surface area (Å²) in [6.45, 7) is 4.93. The molecule has 0 saturated heterocycles. The number of aromatic amines is 1. The van der Waals surface area contributed by atoms with Crippen molar-refractivity contribution in [3.8, 4) is 11.5 Å². The van der Waals surface area contributed by atoms with Gasteiger partial charge < -0.3 is 19.6 Å². The van der Waals surface area contributed by atoms with Crippen LogP contribution in [0.25, 0.3) is 10.9 Å². The highest BCUT2D eigenvalue weighted by Gasteiger charge is 2.34. The Kier molecular flexibility index (Phi) is 4.96. The maximum atomic E-state index is 11.8. The van der Waals surface area contributed by atoms with Gasteiger partial charge >= 0.3 is 5.97 Å². The van der Waals surface area contributed by atoms with Crippen molar-refractivity contribution in [2.45, 2.75) is 32.4 Å². The Morgan fingerprint density at radius 2 is 1.86 bits per heavy atom. The van der Waals surface area contributed by atoms with Crippen molar-refractivity contribution in [2.75, 3.05) is 13.2 Å². The molecule has 2 aromatic carbocycles. The van der Waals surface area contributed by atoms with E-state index in [1.165, 1.54) is 0 Å². The second kappa shape index (κ2) is 7.56. The molecule has 146 valence electrons. The minimum atomic E-state index is -0.850. The number of carbonyl (C=O) groups is 1. The van der Waals surface area contributed by atoms with E-state index in [4.69, 9.17) is 9.47 Å². The molecule has 0 radical (unpaired) electrons. The molecule has 1 aliphatic rings. The van der Waals surface area contributed by atoms with Gasteiger partial charge in [0.25, 0.3) is 0 Å². The van der Waals surface area contributed by atoms with Crippen LogP contribution in [0.4, 0.5) is 0 Å². The summed E-state index contributed by atoms with van der Waals surface area (Å²) in [6, 6.07) is 12.9. The van der Waals surface area contributed by atoms with E-state index in [9.17, 15) is 9.90 Å². The lowest BCUT2D eigenvalue weighted by molar-refractivity contribution is -0.139. The van der Waals surface area contributed by atoms with Gasteiger partial charge in [-0.1, -0.05) is 24.3 Å². The van der Waals surface area contributed by atoms with Crippen LogP contribution in [0.3, 0.4) is 0 Å². The Balaban J connectivity index is 1.83. The quantitative estimate of drug-likeness (QED) is 0.608. The molecule has 1 aliphatic heterocycles. The fraction of sp³-hybridized carbons (Fsp3) is 0.318. The molecule has 3 aromatic rings. The van der Waals surface area contributed by atoms with Crippen LogP contribution in [0.1, 0.15) is 36.7 Å². The number of carboxylic acid groups (broad SMARTS) is 1. The first-order valence-corrected chi connectivity index (χ1v) is 9.60. The third-order valence-corrected chi connectivity index (χ3v) is 5.11. The molecule has 6 nitrogen and oxygen atoms in total. The van der Waals surface area contributed by atoms with Crippen molar-refractivity contribution in [1.82, 2.24) is 10.3 Å². The molecular weight excluding hydrogens is 356 g/mol. The standard InChI is InChI=1S/C22H24N2O4/c1-3-27-18-10-9-13(11-19(18)28-4-2)20-21-15(12-17(24-20)22(25)26)14-7-5-6-8-16(14)23-21/h5-11,17,20,23-24H,3-4,12H2,1-2H3,(H,25,26)/t17-,20-/m0/s1. The van der Waals surface area contributed by atoms with E-state index in [0.29, 0.717) is 31.1 Å². The lowest BCUT2D eigenvalue weighted by Gasteiger charge is -2.30. The lowest BCUT2D eigenvalue weighted by atomic mass is 9.90. The van der Waals surface area contributed by atoms with Gasteiger partial charge in [0.2, 0.25) is 0 Å². The predicted octanol–water partition coefficient (Wildman–Crippen LogP) is 3.65. The topological polar surface area (TPSA) is 83.6 Å². The molecule has 0 unspecified atom stereocenters. The zero-order valence-corrected chi connectivity index (χ0v) is 16.0. The molecule has 6 heteroatoms. The molecule has 2 heterocycles. The number of rotatable bonds is 6. The molecule has 2 atom stereocenters. The summed E-state index contributed by atoms with van der Waals surface area (Å²) in [6.07, 6.45) is 0.445. The van der Waals surface area contributed by atoms with Crippen molar-refractivity contribution in [3.05, 3.63) is 59.3 Å². The van der Waals surface area contributed by atoms with Crippen molar-refractivity contribution >= 4 is 16.9 Å². The van der Waals surface area contributed by atoms with Crippen molar-refractivity contribution < 1.29 is 19.4 Å². The number of aliphatic carboxylic acids is 1. The minimum absolute atomic E-state index is 0.271. The predicted molar refractivity (Wildman–Crippen MR) is 107 cm³/mol. The zero-order valence-electron chi connectivity index (χ0n) is 16.0. The maximum absolute atomic E-state index is 11.8. The highest BCUT2D eigenvalue weighted by Crippen LogP contribution is 2.38. The van der Waals surface area contributed by atoms with E-state index in [0.717, 1.165) is 27.7 Å². The van der Waals surface area contributed by atoms with Gasteiger partial charge in [0, 0.05) is 23.0 Å². The van der Waals surface area contributed by atoms with Gasteiger partial charge in [-0.3, -0.25) is 10.1 Å². The zero-order chi connectivity index (χ0) is 19.7. The molecule has 0 saturated carbocycles. The molecule has 3 N–H and O–H groups in total. The summed E-state index contributed by atoms with van der Waals surface area (Å²) < 4.78 is 11.4. The number of nitrogens with one attached hydrogen (secondary N) is 2. The van der Waals surface area contributed by atoms with Gasteiger partial charge in [-0.05, 0) is 43.2 Å². The third-order valence-electron chi connectivity index (χ3n) is 5.11. The van der Waals surface area contributed by atoms with Crippen LogP contribution < -0.4 is 14.8 Å². The average molecular weight is 380 g/mol. The van der Waals surface area contributed by atoms with Crippen LogP contribution in [-0.2, 0) is 11.2 Å². The highest BCUT2D eigenvalue weighted by atomic mass is 16.5. The summed E-state index contributed by atoms with van der Waals surface area (Å²) in [5.74, 6) is 0.506. The molecule has 0 spiro atoms. The Bertz CT molecular complexity index is 1010. The van der Waals surface area contributed by atoms with Gasteiger partial charge in [-0.25, -0.2) is 0 Å². The Hall–Kier alpha value is -2.99. The van der Waals surface area contributed by atoms with Crippen LogP contribution in [0, 0.1) is 0 Å². The van der Waals surface area contributed by atoms with Crippen LogP contribution >= 0.6 is 0 Å². The number of benzene rings is 2. The molecule has 0 aliphatic carbocycles. The first-order valence-electron chi connectivity index (χ1n) is 9.60. The highest BCUT2D eigenvalue weighted by molar-refractivity contribution is 5.87. The van der Waals surface area contributed by atoms with Crippen LogP contribution in [0.5, 0.6) is 11.5 Å². The first-order chi connectivity index (χ1) is 13.6. The van der Waals surface area contributed by atoms with Gasteiger partial charge in [0.15, 0.2) is 11.5 Å². The minimum Gasteiger partial charge on any atom is -0.490 e. The smallest absolute Gasteiger partial charge is 0.321 e. The van der Waals surface area contributed by atoms with Gasteiger partial charge in [0.1, 0.15) is 6.04 Å². The summed E-state index contributed by atoms with van der Waals surface area (Å²) >= 11 is 0. The van der Waals surface area contributed by atoms with E-state index in [2.05, 4.69) is 10.3 Å². The average Bonchev–Trinajstić information content (AvgIpc) is 3.07. The van der Waals surface area contributed by atoms with Crippen LogP contribution in [0.15, 0.2) is 42.5 Å². The largest absolute Gasteiger partial charge is 0.490 e. The monoisotopic (exact) mass is 380 g/mol. The molecule has 4 rings (SSSR count). The van der Waals surface area contributed by atoms with E-state index < -0.39 is 12.0 Å². The fourth-order valence-corrected chi connectivity index (χ4v) is 3.90. The normalized spacial score (nSPS) is 18.6. The number of para-hydroxylation sites is 1. The van der Waals surface area contributed by atoms with Gasteiger partial charge in [0.05, 0.1) is 19.3 Å². The van der Waals surface area contributed by atoms with Crippen LogP contribution in [0.2, 0.25) is 0 Å². The number of ether oxygens (including phenoxy) is 2. The Morgan fingerprint density at radius 3 is 2.61 bits per heavy atom.